The average molecular weight is 145 g/mol. The van der Waals surface area contributed by atoms with Crippen LogP contribution in [0.25, 0.3) is 6.08 Å². The van der Waals surface area contributed by atoms with Crippen molar-refractivity contribution < 1.29 is 4.79 Å². The van der Waals surface area contributed by atoms with Gasteiger partial charge >= 0.3 is 0 Å². The number of hydrogen-bond acceptors (Lipinski definition) is 1. The molecule has 0 bridgehead atoms. The van der Waals surface area contributed by atoms with Gasteiger partial charge in [0.1, 0.15) is 0 Å². The molecule has 0 N–H and O–H groups in total. The highest BCUT2D eigenvalue weighted by atomic mass is 16.1. The number of benzene rings is 1. The number of hydrogen-bond donors (Lipinski definition) is 0. The minimum Gasteiger partial charge on any atom is -0.267 e. The third kappa shape index (κ3) is 0.963. The monoisotopic (exact) mass is 145 g/mol. The summed E-state index contributed by atoms with van der Waals surface area (Å²) in [5.41, 5.74) is 1.13. The maximum Gasteiger partial charge on any atom is 0.270 e. The van der Waals surface area contributed by atoms with Crippen LogP contribution in [0.3, 0.4) is 0 Å². The Morgan fingerprint density at radius 1 is 1.36 bits per heavy atom. The predicted molar refractivity (Wildman–Crippen MR) is 41.4 cm³/mol. The van der Waals surface area contributed by atoms with Crippen molar-refractivity contribution in [2.75, 3.05) is 0 Å². The lowest BCUT2D eigenvalue weighted by Crippen LogP contribution is -2.20. The van der Waals surface area contributed by atoms with Crippen LogP contribution in [0.1, 0.15) is 5.56 Å². The molecule has 2 nitrogen and oxygen atoms in total. The van der Waals surface area contributed by atoms with E-state index < -0.39 is 0 Å². The largest absolute Gasteiger partial charge is 0.270 e. The fraction of sp³-hybridized carbons (Fsp3) is 0.111. The van der Waals surface area contributed by atoms with E-state index in [1.807, 2.05) is 25.1 Å². The molecule has 0 aliphatic carbocycles. The van der Waals surface area contributed by atoms with Crippen molar-refractivity contribution in [3.8, 4) is 0 Å². The van der Waals surface area contributed by atoms with E-state index in [-0.39, 0.29) is 5.91 Å². The van der Waals surface area contributed by atoms with Gasteiger partial charge in [-0.15, -0.1) is 0 Å². The van der Waals surface area contributed by atoms with E-state index in [2.05, 4.69) is 4.99 Å². The maximum atomic E-state index is 10.8. The zero-order valence-electron chi connectivity index (χ0n) is 6.16. The summed E-state index contributed by atoms with van der Waals surface area (Å²) in [6.07, 6.45) is 1.55. The highest BCUT2D eigenvalue weighted by Gasteiger charge is 2.01. The van der Waals surface area contributed by atoms with E-state index in [4.69, 9.17) is 0 Å². The Bertz CT molecular complexity index is 431. The van der Waals surface area contributed by atoms with E-state index >= 15 is 0 Å². The third-order valence-electron chi connectivity index (χ3n) is 1.70. The van der Waals surface area contributed by atoms with Crippen LogP contribution in [0, 0.1) is 6.92 Å². The van der Waals surface area contributed by atoms with Gasteiger partial charge in [-0.3, -0.25) is 4.79 Å². The van der Waals surface area contributed by atoms with E-state index in [0.29, 0.717) is 0 Å². The first-order valence-electron chi connectivity index (χ1n) is 3.47. The van der Waals surface area contributed by atoms with Crippen molar-refractivity contribution >= 4 is 12.0 Å². The van der Waals surface area contributed by atoms with Gasteiger partial charge in [0.25, 0.3) is 5.91 Å². The minimum atomic E-state index is -0.148. The van der Waals surface area contributed by atoms with E-state index in [0.717, 1.165) is 16.1 Å². The molecule has 1 amide bonds. The highest BCUT2D eigenvalue weighted by Crippen LogP contribution is 1.89. The predicted octanol–water partition coefficient (Wildman–Crippen LogP) is -0.0647. The number of fused-ring (bicyclic) bond motifs is 1. The van der Waals surface area contributed by atoms with Crippen molar-refractivity contribution in [1.29, 1.82) is 0 Å². The lowest BCUT2D eigenvalue weighted by Gasteiger charge is -1.86. The molecule has 1 aromatic rings. The zero-order valence-corrected chi connectivity index (χ0v) is 6.16. The lowest BCUT2D eigenvalue weighted by atomic mass is 10.2. The summed E-state index contributed by atoms with van der Waals surface area (Å²) >= 11 is 0. The molecule has 0 atom stereocenters. The molecule has 0 saturated carbocycles. The molecule has 0 spiro atoms. The normalized spacial score (nSPS) is 13.7. The number of nitrogens with zero attached hydrogens (tertiary/aromatic N) is 1. The topological polar surface area (TPSA) is 29.4 Å². The van der Waals surface area contributed by atoms with Crippen LogP contribution in [0.5, 0.6) is 0 Å². The second-order valence-electron chi connectivity index (χ2n) is 2.66. The molecule has 1 aromatic carbocycles. The molecule has 2 rings (SSSR count). The van der Waals surface area contributed by atoms with Crippen LogP contribution in [-0.4, -0.2) is 5.91 Å². The van der Waals surface area contributed by atoms with Gasteiger partial charge in [0, 0.05) is 11.3 Å². The van der Waals surface area contributed by atoms with Crippen LogP contribution < -0.4 is 10.6 Å². The van der Waals surface area contributed by atoms with Crippen LogP contribution >= 0.6 is 0 Å². The summed E-state index contributed by atoms with van der Waals surface area (Å²) in [5.74, 6) is -0.148. The second-order valence-corrected chi connectivity index (χ2v) is 2.66. The second kappa shape index (κ2) is 2.02. The highest BCUT2D eigenvalue weighted by molar-refractivity contribution is 6.06. The quantitative estimate of drug-likeness (QED) is 0.502. The Morgan fingerprint density at radius 3 is 3.00 bits per heavy atom. The molecule has 1 aliphatic rings. The molecule has 1 heterocycles. The molecule has 11 heavy (non-hydrogen) atoms. The van der Waals surface area contributed by atoms with Crippen LogP contribution in [0.15, 0.2) is 23.2 Å². The van der Waals surface area contributed by atoms with Crippen LogP contribution in [0.2, 0.25) is 0 Å². The Balaban J connectivity index is 2.89. The van der Waals surface area contributed by atoms with Crippen molar-refractivity contribution in [3.05, 3.63) is 34.3 Å². The molecule has 0 saturated heterocycles. The number of amides is 1. The number of carbonyl (C=O) groups is 1. The van der Waals surface area contributed by atoms with Gasteiger partial charge in [-0.05, 0) is 18.6 Å². The average Bonchev–Trinajstić information content (AvgIpc) is 2.27. The zero-order chi connectivity index (χ0) is 7.84. The van der Waals surface area contributed by atoms with E-state index in [1.54, 1.807) is 6.08 Å². The molecular formula is C9H7NO. The molecular weight excluding hydrogens is 138 g/mol. The molecule has 1 aliphatic heterocycles. The Labute approximate surface area is 63.9 Å². The fourth-order valence-corrected chi connectivity index (χ4v) is 1.16. The Kier molecular flexibility index (Phi) is 1.15. The summed E-state index contributed by atoms with van der Waals surface area (Å²) < 4.78 is 0. The van der Waals surface area contributed by atoms with E-state index in [1.165, 1.54) is 0 Å². The van der Waals surface area contributed by atoms with Crippen molar-refractivity contribution in [2.45, 2.75) is 6.92 Å². The fourth-order valence-electron chi connectivity index (χ4n) is 1.16. The van der Waals surface area contributed by atoms with Crippen LogP contribution in [0.4, 0.5) is 0 Å². The summed E-state index contributed by atoms with van der Waals surface area (Å²) in [6, 6.07) is 5.80. The van der Waals surface area contributed by atoms with Gasteiger partial charge in [0.05, 0.1) is 5.36 Å². The van der Waals surface area contributed by atoms with Gasteiger partial charge in [-0.1, -0.05) is 12.1 Å². The van der Waals surface area contributed by atoms with Gasteiger partial charge in [0.15, 0.2) is 0 Å². The van der Waals surface area contributed by atoms with Gasteiger partial charge in [-0.2, -0.15) is 0 Å². The Morgan fingerprint density at radius 2 is 2.18 bits per heavy atom. The van der Waals surface area contributed by atoms with Gasteiger partial charge < -0.3 is 0 Å². The van der Waals surface area contributed by atoms with E-state index in [9.17, 15) is 4.79 Å². The number of aryl methyl sites for hydroxylation is 1. The molecule has 0 aromatic heterocycles. The summed E-state index contributed by atoms with van der Waals surface area (Å²) in [6.45, 7) is 1.98. The third-order valence-corrected chi connectivity index (χ3v) is 1.70. The molecule has 0 fully saturated rings. The summed E-state index contributed by atoms with van der Waals surface area (Å²) in [5, 5.41) is 1.73. The first kappa shape index (κ1) is 6.28. The standard InChI is InChI=1S/C9H7NO/c1-6-2-3-7-5-9(11)10-8(7)4-6/h2-5H,1H3. The van der Waals surface area contributed by atoms with Gasteiger partial charge in [-0.25, -0.2) is 4.99 Å². The Hall–Kier alpha value is -1.44. The first-order valence-corrected chi connectivity index (χ1v) is 3.47. The molecule has 2 heteroatoms. The molecule has 0 radical (unpaired) electrons. The number of rotatable bonds is 0. The summed E-state index contributed by atoms with van der Waals surface area (Å²) in [4.78, 5) is 14.6. The number of carbonyl (C=O) groups excluding carboxylic acids is 1. The van der Waals surface area contributed by atoms with Crippen molar-refractivity contribution in [3.63, 3.8) is 0 Å². The van der Waals surface area contributed by atoms with Crippen molar-refractivity contribution in [1.82, 2.24) is 0 Å². The maximum absolute atomic E-state index is 10.8. The van der Waals surface area contributed by atoms with Crippen LogP contribution in [-0.2, 0) is 4.79 Å². The minimum absolute atomic E-state index is 0.148. The lowest BCUT2D eigenvalue weighted by molar-refractivity contribution is -0.112. The van der Waals surface area contributed by atoms with Crippen molar-refractivity contribution in [2.24, 2.45) is 4.99 Å². The summed E-state index contributed by atoms with van der Waals surface area (Å²) in [7, 11) is 0. The SMILES string of the molecule is Cc1ccc2c(c1)=NC(=O)C=2. The molecule has 54 valence electrons. The smallest absolute Gasteiger partial charge is 0.267 e. The molecule has 0 unspecified atom stereocenters. The first-order chi connectivity index (χ1) is 5.25. The van der Waals surface area contributed by atoms with Gasteiger partial charge in [0.2, 0.25) is 0 Å².